The Morgan fingerprint density at radius 3 is 2.57 bits per heavy atom. The zero-order valence-corrected chi connectivity index (χ0v) is 15.5. The number of fused-ring (bicyclic) bond motifs is 3. The van der Waals surface area contributed by atoms with Crippen molar-refractivity contribution >= 4 is 22.6 Å². The summed E-state index contributed by atoms with van der Waals surface area (Å²) in [7, 11) is 0. The molecule has 0 saturated carbocycles. The number of ether oxygens (including phenoxy) is 1. The molecule has 0 aliphatic heterocycles. The van der Waals surface area contributed by atoms with Crippen molar-refractivity contribution < 1.29 is 22.3 Å². The van der Waals surface area contributed by atoms with E-state index in [1.54, 1.807) is 12.1 Å². The molecule has 3 aromatic rings. The Bertz CT molecular complexity index is 1100. The first kappa shape index (κ1) is 18.9. The van der Waals surface area contributed by atoms with Gasteiger partial charge in [-0.3, -0.25) is 0 Å². The van der Waals surface area contributed by atoms with Gasteiger partial charge < -0.3 is 9.15 Å². The van der Waals surface area contributed by atoms with Crippen molar-refractivity contribution in [2.24, 2.45) is 0 Å². The molecule has 0 fully saturated rings. The third-order valence-corrected chi connectivity index (χ3v) is 5.22. The fourth-order valence-electron chi connectivity index (χ4n) is 3.55. The number of aryl methyl sites for hydroxylation is 1. The van der Waals surface area contributed by atoms with E-state index in [0.29, 0.717) is 28.2 Å². The quantitative estimate of drug-likeness (QED) is 0.505. The first-order valence-corrected chi connectivity index (χ1v) is 9.28. The van der Waals surface area contributed by atoms with Crippen LogP contribution >= 0.6 is 11.6 Å². The zero-order valence-electron chi connectivity index (χ0n) is 14.7. The van der Waals surface area contributed by atoms with E-state index in [1.807, 2.05) is 0 Å². The molecule has 0 bridgehead atoms. The summed E-state index contributed by atoms with van der Waals surface area (Å²) in [5.74, 6) is 0.255. The topological polar surface area (TPSA) is 39.4 Å². The van der Waals surface area contributed by atoms with E-state index < -0.39 is 11.7 Å². The van der Waals surface area contributed by atoms with Gasteiger partial charge in [0.05, 0.1) is 10.6 Å². The SMILES string of the molecule is O=c1oc2cc(OCc3cccc(C(F)(F)F)c3)c(Cl)cc2c2c1CCCC2. The number of hydrogen-bond acceptors (Lipinski definition) is 3. The summed E-state index contributed by atoms with van der Waals surface area (Å²) in [4.78, 5) is 12.2. The van der Waals surface area contributed by atoms with Crippen molar-refractivity contribution in [3.8, 4) is 5.75 Å². The maximum absolute atomic E-state index is 12.8. The van der Waals surface area contributed by atoms with Crippen molar-refractivity contribution in [3.63, 3.8) is 0 Å². The molecule has 0 atom stereocenters. The maximum Gasteiger partial charge on any atom is 0.416 e. The molecule has 146 valence electrons. The Kier molecular flexibility index (Phi) is 4.83. The Labute approximate surface area is 163 Å². The van der Waals surface area contributed by atoms with Crippen molar-refractivity contribution in [1.82, 2.24) is 0 Å². The molecule has 1 heterocycles. The van der Waals surface area contributed by atoms with Gasteiger partial charge in [-0.1, -0.05) is 23.7 Å². The van der Waals surface area contributed by atoms with E-state index in [9.17, 15) is 18.0 Å². The molecule has 0 saturated heterocycles. The fraction of sp³-hybridized carbons (Fsp3) is 0.286. The molecule has 3 nitrogen and oxygen atoms in total. The highest BCUT2D eigenvalue weighted by atomic mass is 35.5. The highest BCUT2D eigenvalue weighted by Crippen LogP contribution is 2.35. The summed E-state index contributed by atoms with van der Waals surface area (Å²) in [6, 6.07) is 8.14. The summed E-state index contributed by atoms with van der Waals surface area (Å²) in [5, 5.41) is 1.10. The molecule has 0 N–H and O–H groups in total. The van der Waals surface area contributed by atoms with Gasteiger partial charge in [0.15, 0.2) is 0 Å². The van der Waals surface area contributed by atoms with Gasteiger partial charge in [0.25, 0.3) is 0 Å². The number of hydrogen-bond donors (Lipinski definition) is 0. The first-order chi connectivity index (χ1) is 13.3. The average molecular weight is 409 g/mol. The molecule has 7 heteroatoms. The van der Waals surface area contributed by atoms with Gasteiger partial charge in [0.2, 0.25) is 0 Å². The van der Waals surface area contributed by atoms with Gasteiger partial charge in [0, 0.05) is 17.0 Å². The van der Waals surface area contributed by atoms with E-state index in [0.717, 1.165) is 42.3 Å². The molecule has 1 aliphatic carbocycles. The minimum absolute atomic E-state index is 0.0929. The van der Waals surface area contributed by atoms with Crippen LogP contribution in [-0.2, 0) is 25.6 Å². The van der Waals surface area contributed by atoms with Crippen LogP contribution in [-0.4, -0.2) is 0 Å². The van der Waals surface area contributed by atoms with E-state index >= 15 is 0 Å². The lowest BCUT2D eigenvalue weighted by atomic mass is 9.91. The third kappa shape index (κ3) is 3.61. The molecule has 0 spiro atoms. The van der Waals surface area contributed by atoms with Gasteiger partial charge in [0.1, 0.15) is 17.9 Å². The van der Waals surface area contributed by atoms with Crippen LogP contribution < -0.4 is 10.4 Å². The van der Waals surface area contributed by atoms with E-state index in [2.05, 4.69) is 0 Å². The highest BCUT2D eigenvalue weighted by molar-refractivity contribution is 6.32. The predicted molar refractivity (Wildman–Crippen MR) is 99.9 cm³/mol. The molecular formula is C21H16ClF3O3. The fourth-order valence-corrected chi connectivity index (χ4v) is 3.77. The Balaban J connectivity index is 1.65. The summed E-state index contributed by atoms with van der Waals surface area (Å²) in [6.45, 7) is -0.0929. The molecular weight excluding hydrogens is 393 g/mol. The van der Waals surface area contributed by atoms with Gasteiger partial charge in [-0.15, -0.1) is 0 Å². The molecule has 0 radical (unpaired) electrons. The van der Waals surface area contributed by atoms with Crippen molar-refractivity contribution in [3.05, 3.63) is 74.1 Å². The predicted octanol–water partition coefficient (Wildman–Crippen LogP) is 5.92. The van der Waals surface area contributed by atoms with Crippen LogP contribution in [0.4, 0.5) is 13.2 Å². The van der Waals surface area contributed by atoms with Crippen LogP contribution in [0.3, 0.4) is 0 Å². The Morgan fingerprint density at radius 1 is 1.07 bits per heavy atom. The maximum atomic E-state index is 12.8. The van der Waals surface area contributed by atoms with Crippen LogP contribution in [0.2, 0.25) is 5.02 Å². The second kappa shape index (κ2) is 7.17. The molecule has 2 aromatic carbocycles. The lowest BCUT2D eigenvalue weighted by Gasteiger charge is -2.17. The second-order valence-electron chi connectivity index (χ2n) is 6.82. The van der Waals surface area contributed by atoms with Crippen molar-refractivity contribution in [1.29, 1.82) is 0 Å². The van der Waals surface area contributed by atoms with E-state index in [1.165, 1.54) is 12.1 Å². The van der Waals surface area contributed by atoms with Gasteiger partial charge in [-0.25, -0.2) is 4.79 Å². The summed E-state index contributed by atoms with van der Waals surface area (Å²) >= 11 is 6.33. The average Bonchev–Trinajstić information content (AvgIpc) is 2.67. The third-order valence-electron chi connectivity index (χ3n) is 4.92. The van der Waals surface area contributed by atoms with Crippen molar-refractivity contribution in [2.75, 3.05) is 0 Å². The first-order valence-electron chi connectivity index (χ1n) is 8.90. The second-order valence-corrected chi connectivity index (χ2v) is 7.23. The van der Waals surface area contributed by atoms with E-state index in [4.69, 9.17) is 20.8 Å². The largest absolute Gasteiger partial charge is 0.487 e. The van der Waals surface area contributed by atoms with Crippen LogP contribution in [0, 0.1) is 0 Å². The molecule has 0 unspecified atom stereocenters. The van der Waals surface area contributed by atoms with Crippen LogP contribution in [0.25, 0.3) is 11.0 Å². The number of halogens is 4. The van der Waals surface area contributed by atoms with Crippen LogP contribution in [0.5, 0.6) is 5.75 Å². The number of rotatable bonds is 3. The monoisotopic (exact) mass is 408 g/mol. The highest BCUT2D eigenvalue weighted by Gasteiger charge is 2.30. The Hall–Kier alpha value is -2.47. The Morgan fingerprint density at radius 2 is 1.82 bits per heavy atom. The number of benzene rings is 2. The van der Waals surface area contributed by atoms with Gasteiger partial charge in [-0.2, -0.15) is 13.2 Å². The van der Waals surface area contributed by atoms with Crippen LogP contribution in [0.15, 0.2) is 45.6 Å². The minimum Gasteiger partial charge on any atom is -0.487 e. The van der Waals surface area contributed by atoms with Gasteiger partial charge in [-0.05, 0) is 55.0 Å². The molecule has 1 aromatic heterocycles. The molecule has 0 amide bonds. The summed E-state index contributed by atoms with van der Waals surface area (Å²) < 4.78 is 49.6. The summed E-state index contributed by atoms with van der Waals surface area (Å²) in [5.41, 5.74) is 1.30. The molecule has 1 aliphatic rings. The van der Waals surface area contributed by atoms with Gasteiger partial charge >= 0.3 is 11.8 Å². The molecule has 4 rings (SSSR count). The molecule has 28 heavy (non-hydrogen) atoms. The lowest BCUT2D eigenvalue weighted by Crippen LogP contribution is -2.15. The smallest absolute Gasteiger partial charge is 0.416 e. The summed E-state index contributed by atoms with van der Waals surface area (Å²) in [6.07, 6.45) is -0.984. The minimum atomic E-state index is -4.42. The van der Waals surface area contributed by atoms with Crippen LogP contribution in [0.1, 0.15) is 35.1 Å². The zero-order chi connectivity index (χ0) is 19.9. The number of alkyl halides is 3. The van der Waals surface area contributed by atoms with E-state index in [-0.39, 0.29) is 18.0 Å². The van der Waals surface area contributed by atoms with Crippen molar-refractivity contribution in [2.45, 2.75) is 38.5 Å². The lowest BCUT2D eigenvalue weighted by molar-refractivity contribution is -0.137. The normalized spacial score (nSPS) is 14.1. The standard InChI is InChI=1S/C21H16ClF3O3/c22-17-9-16-14-6-1-2-7-15(14)20(26)28-18(16)10-19(17)27-11-12-4-3-5-13(8-12)21(23,24)25/h3-5,8-10H,1-2,6-7,11H2.